The molecule has 2 aliphatic rings. The summed E-state index contributed by atoms with van der Waals surface area (Å²) in [6.45, 7) is 4.74. The molecule has 63 heavy (non-hydrogen) atoms. The van der Waals surface area contributed by atoms with Gasteiger partial charge in [0.2, 0.25) is 0 Å². The highest BCUT2D eigenvalue weighted by Gasteiger charge is 2.37. The first-order chi connectivity index (χ1) is 31.0. The van der Waals surface area contributed by atoms with Crippen LogP contribution >= 0.6 is 0 Å². The molecule has 0 aliphatic heterocycles. The van der Waals surface area contributed by atoms with E-state index in [4.69, 9.17) is 4.42 Å². The molecule has 1 aromatic heterocycles. The zero-order valence-corrected chi connectivity index (χ0v) is 35.9. The molecule has 12 rings (SSSR count). The first kappa shape index (κ1) is 37.6. The summed E-state index contributed by atoms with van der Waals surface area (Å²) in [6.07, 6.45) is 6.46. The first-order valence-electron chi connectivity index (χ1n) is 22.8. The minimum Gasteiger partial charge on any atom is -0.456 e. The summed E-state index contributed by atoms with van der Waals surface area (Å²) in [4.78, 5) is 2.52. The first-order valence-corrected chi connectivity index (χ1v) is 22.8. The lowest BCUT2D eigenvalue weighted by molar-refractivity contribution is 0.445. The van der Waals surface area contributed by atoms with E-state index in [9.17, 15) is 0 Å². The van der Waals surface area contributed by atoms with Gasteiger partial charge in [-0.1, -0.05) is 185 Å². The van der Waals surface area contributed by atoms with Crippen LogP contribution in [0.5, 0.6) is 0 Å². The van der Waals surface area contributed by atoms with E-state index in [-0.39, 0.29) is 5.41 Å². The minimum atomic E-state index is -0.102. The number of hydrogen-bond donors (Lipinski definition) is 0. The Balaban J connectivity index is 1.07. The third-order valence-corrected chi connectivity index (χ3v) is 14.3. The molecule has 1 saturated carbocycles. The molecule has 0 saturated heterocycles. The Bertz CT molecular complexity index is 3360. The van der Waals surface area contributed by atoms with Gasteiger partial charge >= 0.3 is 0 Å². The number of furan rings is 1. The molecule has 0 atom stereocenters. The van der Waals surface area contributed by atoms with Crippen LogP contribution in [0, 0.1) is 0 Å². The maximum absolute atomic E-state index is 6.21. The van der Waals surface area contributed by atoms with Crippen LogP contribution in [0.1, 0.15) is 68.6 Å². The van der Waals surface area contributed by atoms with Gasteiger partial charge in [-0.2, -0.15) is 0 Å². The van der Waals surface area contributed by atoms with Gasteiger partial charge in [-0.15, -0.1) is 0 Å². The third-order valence-electron chi connectivity index (χ3n) is 14.3. The average molecular weight is 812 g/mol. The summed E-state index contributed by atoms with van der Waals surface area (Å²) < 4.78 is 6.21. The molecule has 0 bridgehead atoms. The van der Waals surface area contributed by atoms with Gasteiger partial charge in [-0.3, -0.25) is 0 Å². The monoisotopic (exact) mass is 811 g/mol. The van der Waals surface area contributed by atoms with E-state index in [0.717, 1.165) is 39.0 Å². The number of anilines is 3. The Morgan fingerprint density at radius 1 is 0.460 bits per heavy atom. The van der Waals surface area contributed by atoms with E-state index >= 15 is 0 Å². The number of benzene rings is 9. The Morgan fingerprint density at radius 3 is 1.84 bits per heavy atom. The SMILES string of the molecule is CC1(C)c2ccccc2-c2c(-c3ccccc3N(c3ccc(-c4ccc5oc6ccccc6c5c4)cc3)c3ccccc3-c3cccc4cccc(C5CCCCC5)c34)cccc21. The highest BCUT2D eigenvalue weighted by molar-refractivity contribution is 6.07. The second-order valence-electron chi connectivity index (χ2n) is 18.2. The standard InChI is InChI=1S/C61H49NO/c1-61(2)53-28-10-6-24-51(53)60-50(27-16-29-54(60)61)47-22-8-12-31-56(47)62(44-36-33-40(34-37-44)43-35-38-58-52(39-43)48-23-9-13-32-57(48)63-58)55-30-11-7-21-46(55)49-26-15-20-42-19-14-25-45(59(42)49)41-17-4-3-5-18-41/h6-16,19-39,41H,3-5,17-18H2,1-2H3. The molecule has 2 aliphatic carbocycles. The number of nitrogens with zero attached hydrogens (tertiary/aromatic N) is 1. The van der Waals surface area contributed by atoms with Crippen LogP contribution in [-0.4, -0.2) is 0 Å². The average Bonchev–Trinajstić information content (AvgIpc) is 3.83. The quantitative estimate of drug-likeness (QED) is 0.159. The Morgan fingerprint density at radius 2 is 1.05 bits per heavy atom. The number of fused-ring (bicyclic) bond motifs is 7. The fourth-order valence-corrected chi connectivity index (χ4v) is 11.2. The van der Waals surface area contributed by atoms with Crippen molar-refractivity contribution in [1.82, 2.24) is 0 Å². The van der Waals surface area contributed by atoms with Crippen LogP contribution in [0.4, 0.5) is 17.1 Å². The lowest BCUT2D eigenvalue weighted by atomic mass is 9.80. The predicted molar refractivity (Wildman–Crippen MR) is 266 cm³/mol. The van der Waals surface area contributed by atoms with Gasteiger partial charge in [0.1, 0.15) is 11.2 Å². The van der Waals surface area contributed by atoms with Crippen LogP contribution in [-0.2, 0) is 5.41 Å². The van der Waals surface area contributed by atoms with Crippen molar-refractivity contribution in [1.29, 1.82) is 0 Å². The van der Waals surface area contributed by atoms with E-state index in [1.165, 1.54) is 104 Å². The molecule has 0 amide bonds. The molecule has 2 heteroatoms. The van der Waals surface area contributed by atoms with Crippen LogP contribution < -0.4 is 4.90 Å². The van der Waals surface area contributed by atoms with Crippen LogP contribution in [0.3, 0.4) is 0 Å². The molecule has 0 spiro atoms. The van der Waals surface area contributed by atoms with Gasteiger partial charge in [-0.25, -0.2) is 0 Å². The Labute approximate surface area is 370 Å². The normalized spacial score (nSPS) is 14.6. The fourth-order valence-electron chi connectivity index (χ4n) is 11.2. The van der Waals surface area contributed by atoms with Crippen LogP contribution in [0.2, 0.25) is 0 Å². The van der Waals surface area contributed by atoms with E-state index < -0.39 is 0 Å². The maximum Gasteiger partial charge on any atom is 0.135 e. The van der Waals surface area contributed by atoms with E-state index in [1.807, 2.05) is 12.1 Å². The highest BCUT2D eigenvalue weighted by atomic mass is 16.3. The van der Waals surface area contributed by atoms with Crippen molar-refractivity contribution in [3.63, 3.8) is 0 Å². The summed E-state index contributed by atoms with van der Waals surface area (Å²) >= 11 is 0. The molecule has 0 N–H and O–H groups in total. The van der Waals surface area contributed by atoms with E-state index in [0.29, 0.717) is 5.92 Å². The summed E-state index contributed by atoms with van der Waals surface area (Å²) in [5.41, 5.74) is 19.4. The van der Waals surface area contributed by atoms with Gasteiger partial charge < -0.3 is 9.32 Å². The molecule has 1 fully saturated rings. The van der Waals surface area contributed by atoms with Crippen molar-refractivity contribution in [2.75, 3.05) is 4.90 Å². The zero-order chi connectivity index (χ0) is 42.1. The lowest BCUT2D eigenvalue weighted by Crippen LogP contribution is -2.15. The molecule has 0 radical (unpaired) electrons. The van der Waals surface area contributed by atoms with Gasteiger partial charge in [0, 0.05) is 33.0 Å². The third kappa shape index (κ3) is 6.15. The van der Waals surface area contributed by atoms with Crippen molar-refractivity contribution < 1.29 is 4.42 Å². The summed E-state index contributed by atoms with van der Waals surface area (Å²) in [7, 11) is 0. The van der Waals surface area contributed by atoms with Gasteiger partial charge in [0.05, 0.1) is 11.4 Å². The molecule has 9 aromatic carbocycles. The topological polar surface area (TPSA) is 16.4 Å². The van der Waals surface area contributed by atoms with Crippen LogP contribution in [0.25, 0.3) is 77.2 Å². The van der Waals surface area contributed by atoms with Crippen molar-refractivity contribution >= 4 is 49.8 Å². The Hall–Kier alpha value is -7.16. The smallest absolute Gasteiger partial charge is 0.135 e. The van der Waals surface area contributed by atoms with Crippen molar-refractivity contribution in [3.8, 4) is 44.5 Å². The van der Waals surface area contributed by atoms with Crippen molar-refractivity contribution in [3.05, 3.63) is 211 Å². The predicted octanol–water partition coefficient (Wildman–Crippen LogP) is 17.6. The molecular formula is C61H49NO. The summed E-state index contributed by atoms with van der Waals surface area (Å²) in [6, 6.07) is 72.1. The highest BCUT2D eigenvalue weighted by Crippen LogP contribution is 2.54. The molecule has 1 heterocycles. The minimum absolute atomic E-state index is 0.102. The molecule has 304 valence electrons. The van der Waals surface area contributed by atoms with Crippen molar-refractivity contribution in [2.45, 2.75) is 57.3 Å². The maximum atomic E-state index is 6.21. The molecule has 2 nitrogen and oxygen atoms in total. The second kappa shape index (κ2) is 15.0. The van der Waals surface area contributed by atoms with Gasteiger partial charge in [-0.05, 0) is 122 Å². The second-order valence-corrected chi connectivity index (χ2v) is 18.2. The molecule has 10 aromatic rings. The summed E-state index contributed by atoms with van der Waals surface area (Å²) in [5, 5.41) is 4.98. The lowest BCUT2D eigenvalue weighted by Gasteiger charge is -2.31. The number of hydrogen-bond acceptors (Lipinski definition) is 2. The zero-order valence-electron chi connectivity index (χ0n) is 35.9. The van der Waals surface area contributed by atoms with Crippen LogP contribution in [0.15, 0.2) is 199 Å². The molecule has 0 unspecified atom stereocenters. The summed E-state index contributed by atoms with van der Waals surface area (Å²) in [5.74, 6) is 0.576. The van der Waals surface area contributed by atoms with Gasteiger partial charge in [0.15, 0.2) is 0 Å². The van der Waals surface area contributed by atoms with E-state index in [1.54, 1.807) is 0 Å². The van der Waals surface area contributed by atoms with E-state index in [2.05, 4.69) is 201 Å². The number of para-hydroxylation sites is 3. The number of rotatable bonds is 7. The Kier molecular flexibility index (Phi) is 8.97. The largest absolute Gasteiger partial charge is 0.456 e. The van der Waals surface area contributed by atoms with Gasteiger partial charge in [0.25, 0.3) is 0 Å². The molecular weight excluding hydrogens is 763 g/mol. The van der Waals surface area contributed by atoms with Crippen molar-refractivity contribution in [2.24, 2.45) is 0 Å². The fraction of sp³-hybridized carbons (Fsp3) is 0.148.